The maximum atomic E-state index is 5.95. The largest absolute Gasteiger partial charge is 0.492 e. The van der Waals surface area contributed by atoms with Gasteiger partial charge in [-0.15, -0.1) is 0 Å². The molecular formula is C14H18BrN3O. The van der Waals surface area contributed by atoms with E-state index in [1.807, 2.05) is 41.3 Å². The first-order chi connectivity index (χ1) is 9.19. The highest BCUT2D eigenvalue weighted by molar-refractivity contribution is 9.10. The fourth-order valence-corrected chi connectivity index (χ4v) is 1.98. The van der Waals surface area contributed by atoms with Gasteiger partial charge in [0.05, 0.1) is 12.7 Å². The fraction of sp³-hybridized carbons (Fsp3) is 0.357. The van der Waals surface area contributed by atoms with Crippen molar-refractivity contribution in [3.63, 3.8) is 0 Å². The van der Waals surface area contributed by atoms with Crippen LogP contribution in [0.3, 0.4) is 0 Å². The summed E-state index contributed by atoms with van der Waals surface area (Å²) < 4.78 is 8.56. The topological polar surface area (TPSA) is 53.1 Å². The van der Waals surface area contributed by atoms with E-state index in [9.17, 15) is 0 Å². The number of benzene rings is 1. The second kappa shape index (κ2) is 6.73. The third kappa shape index (κ3) is 4.08. The maximum Gasteiger partial charge on any atom is 0.119 e. The summed E-state index contributed by atoms with van der Waals surface area (Å²) in [5.74, 6) is 0.862. The predicted molar refractivity (Wildman–Crippen MR) is 79.1 cm³/mol. The Labute approximate surface area is 121 Å². The summed E-state index contributed by atoms with van der Waals surface area (Å²) in [5.41, 5.74) is 7.03. The number of rotatable bonds is 6. The van der Waals surface area contributed by atoms with Crippen molar-refractivity contribution >= 4 is 15.9 Å². The molecule has 4 nitrogen and oxygen atoms in total. The van der Waals surface area contributed by atoms with E-state index in [2.05, 4.69) is 28.0 Å². The number of nitrogens with two attached hydrogens (primary N) is 1. The van der Waals surface area contributed by atoms with Crippen LogP contribution in [0.25, 0.3) is 0 Å². The van der Waals surface area contributed by atoms with Crippen LogP contribution in [-0.2, 0) is 6.54 Å². The number of ether oxygens (including phenoxy) is 1. The highest BCUT2D eigenvalue weighted by atomic mass is 79.9. The van der Waals surface area contributed by atoms with Crippen LogP contribution < -0.4 is 10.5 Å². The molecule has 1 atom stereocenters. The molecule has 1 heterocycles. The van der Waals surface area contributed by atoms with Gasteiger partial charge in [-0.2, -0.15) is 5.10 Å². The zero-order valence-corrected chi connectivity index (χ0v) is 12.5. The van der Waals surface area contributed by atoms with E-state index in [1.54, 1.807) is 0 Å². The van der Waals surface area contributed by atoms with Gasteiger partial charge in [-0.3, -0.25) is 4.68 Å². The van der Waals surface area contributed by atoms with Crippen LogP contribution in [0.5, 0.6) is 5.75 Å². The van der Waals surface area contributed by atoms with Gasteiger partial charge >= 0.3 is 0 Å². The SMILES string of the molecule is CCC(N)c1cnn(CCOc2ccc(Br)cc2)c1. The second-order valence-corrected chi connectivity index (χ2v) is 5.27. The molecule has 1 unspecified atom stereocenters. The van der Waals surface area contributed by atoms with E-state index in [0.717, 1.165) is 22.2 Å². The van der Waals surface area contributed by atoms with Crippen molar-refractivity contribution < 1.29 is 4.74 Å². The highest BCUT2D eigenvalue weighted by Gasteiger charge is 2.05. The zero-order chi connectivity index (χ0) is 13.7. The minimum atomic E-state index is 0.0705. The Morgan fingerprint density at radius 1 is 1.37 bits per heavy atom. The Kier molecular flexibility index (Phi) is 4.99. The Morgan fingerprint density at radius 3 is 2.79 bits per heavy atom. The summed E-state index contributed by atoms with van der Waals surface area (Å²) in [6.45, 7) is 3.37. The van der Waals surface area contributed by atoms with Gasteiger partial charge in [-0.25, -0.2) is 0 Å². The molecule has 0 saturated heterocycles. The van der Waals surface area contributed by atoms with E-state index in [0.29, 0.717) is 13.2 Å². The lowest BCUT2D eigenvalue weighted by Gasteiger charge is -2.06. The molecule has 1 aromatic heterocycles. The third-order valence-corrected chi connectivity index (χ3v) is 3.45. The molecule has 19 heavy (non-hydrogen) atoms. The van der Waals surface area contributed by atoms with Crippen molar-refractivity contribution in [2.75, 3.05) is 6.61 Å². The van der Waals surface area contributed by atoms with Crippen molar-refractivity contribution in [3.8, 4) is 5.75 Å². The molecule has 1 aromatic carbocycles. The normalized spacial score (nSPS) is 12.4. The average molecular weight is 324 g/mol. The Hall–Kier alpha value is -1.33. The molecule has 0 aliphatic carbocycles. The molecule has 0 amide bonds. The van der Waals surface area contributed by atoms with Gasteiger partial charge in [0.15, 0.2) is 0 Å². The van der Waals surface area contributed by atoms with Crippen LogP contribution in [0.2, 0.25) is 0 Å². The van der Waals surface area contributed by atoms with Crippen LogP contribution in [-0.4, -0.2) is 16.4 Å². The van der Waals surface area contributed by atoms with Crippen LogP contribution in [0.15, 0.2) is 41.1 Å². The van der Waals surface area contributed by atoms with E-state index in [4.69, 9.17) is 10.5 Å². The Morgan fingerprint density at radius 2 is 2.11 bits per heavy atom. The van der Waals surface area contributed by atoms with Crippen LogP contribution in [0.4, 0.5) is 0 Å². The number of hydrogen-bond acceptors (Lipinski definition) is 3. The summed E-state index contributed by atoms with van der Waals surface area (Å²) in [4.78, 5) is 0. The molecule has 0 spiro atoms. The van der Waals surface area contributed by atoms with Crippen molar-refractivity contribution in [2.45, 2.75) is 25.9 Å². The first-order valence-corrected chi connectivity index (χ1v) is 7.14. The van der Waals surface area contributed by atoms with Gasteiger partial charge in [0.25, 0.3) is 0 Å². The van der Waals surface area contributed by atoms with Gasteiger partial charge in [0.2, 0.25) is 0 Å². The van der Waals surface area contributed by atoms with Crippen molar-refractivity contribution in [1.82, 2.24) is 9.78 Å². The number of aromatic nitrogens is 2. The Bertz CT molecular complexity index is 510. The van der Waals surface area contributed by atoms with Crippen molar-refractivity contribution in [3.05, 3.63) is 46.7 Å². The lowest BCUT2D eigenvalue weighted by molar-refractivity contribution is 0.291. The molecule has 0 bridgehead atoms. The fourth-order valence-electron chi connectivity index (χ4n) is 1.72. The van der Waals surface area contributed by atoms with E-state index in [-0.39, 0.29) is 6.04 Å². The summed E-state index contributed by atoms with van der Waals surface area (Å²) >= 11 is 3.39. The molecule has 5 heteroatoms. The smallest absolute Gasteiger partial charge is 0.119 e. The quantitative estimate of drug-likeness (QED) is 0.888. The highest BCUT2D eigenvalue weighted by Crippen LogP contribution is 2.16. The van der Waals surface area contributed by atoms with Gasteiger partial charge < -0.3 is 10.5 Å². The van der Waals surface area contributed by atoms with Gasteiger partial charge in [-0.1, -0.05) is 22.9 Å². The first kappa shape index (κ1) is 14.1. The second-order valence-electron chi connectivity index (χ2n) is 4.35. The van der Waals surface area contributed by atoms with Gasteiger partial charge in [0, 0.05) is 22.3 Å². The Balaban J connectivity index is 1.82. The zero-order valence-electron chi connectivity index (χ0n) is 10.9. The summed E-state index contributed by atoms with van der Waals surface area (Å²) in [5, 5.41) is 4.28. The maximum absolute atomic E-state index is 5.95. The average Bonchev–Trinajstić information content (AvgIpc) is 2.89. The molecule has 102 valence electrons. The number of hydrogen-bond donors (Lipinski definition) is 1. The third-order valence-electron chi connectivity index (χ3n) is 2.92. The van der Waals surface area contributed by atoms with E-state index >= 15 is 0 Å². The van der Waals surface area contributed by atoms with Crippen molar-refractivity contribution in [1.29, 1.82) is 0 Å². The van der Waals surface area contributed by atoms with E-state index < -0.39 is 0 Å². The molecule has 0 fully saturated rings. The molecule has 0 aliphatic rings. The molecular weight excluding hydrogens is 306 g/mol. The number of halogens is 1. The summed E-state index contributed by atoms with van der Waals surface area (Å²) in [6, 6.07) is 7.86. The lowest BCUT2D eigenvalue weighted by Crippen LogP contribution is -2.09. The van der Waals surface area contributed by atoms with E-state index in [1.165, 1.54) is 0 Å². The van der Waals surface area contributed by atoms with Gasteiger partial charge in [-0.05, 0) is 30.7 Å². The number of nitrogens with zero attached hydrogens (tertiary/aromatic N) is 2. The molecule has 2 rings (SSSR count). The van der Waals surface area contributed by atoms with Crippen molar-refractivity contribution in [2.24, 2.45) is 5.73 Å². The van der Waals surface area contributed by atoms with Crippen LogP contribution in [0.1, 0.15) is 24.9 Å². The van der Waals surface area contributed by atoms with Crippen LogP contribution >= 0.6 is 15.9 Å². The molecule has 2 aromatic rings. The van der Waals surface area contributed by atoms with Gasteiger partial charge in [0.1, 0.15) is 12.4 Å². The van der Waals surface area contributed by atoms with Crippen LogP contribution in [0, 0.1) is 0 Å². The molecule has 0 saturated carbocycles. The minimum absolute atomic E-state index is 0.0705. The minimum Gasteiger partial charge on any atom is -0.492 e. The summed E-state index contributed by atoms with van der Waals surface area (Å²) in [6.07, 6.45) is 4.73. The molecule has 0 radical (unpaired) electrons. The summed E-state index contributed by atoms with van der Waals surface area (Å²) in [7, 11) is 0. The lowest BCUT2D eigenvalue weighted by atomic mass is 10.1. The first-order valence-electron chi connectivity index (χ1n) is 6.35. The molecule has 2 N–H and O–H groups in total. The standard InChI is InChI=1S/C14H18BrN3O/c1-2-14(16)11-9-17-18(10-11)7-8-19-13-5-3-12(15)4-6-13/h3-6,9-10,14H,2,7-8,16H2,1H3. The molecule has 0 aliphatic heterocycles. The monoisotopic (exact) mass is 323 g/mol. The predicted octanol–water partition coefficient (Wildman–Crippen LogP) is 3.13.